The summed E-state index contributed by atoms with van der Waals surface area (Å²) in [6.07, 6.45) is 2.25. The minimum absolute atomic E-state index is 0.374. The quantitative estimate of drug-likeness (QED) is 0.727. The Balaban J connectivity index is 1.46. The predicted molar refractivity (Wildman–Crippen MR) is 79.5 cm³/mol. The SMILES string of the molecule is O=S1C(CN2CCOCC2)CCC1CN1CCOCC1. The summed E-state index contributed by atoms with van der Waals surface area (Å²) in [6, 6.07) is 0. The van der Waals surface area contributed by atoms with Gasteiger partial charge in [0.05, 0.1) is 26.4 Å². The van der Waals surface area contributed by atoms with E-state index < -0.39 is 10.8 Å². The molecule has 0 aliphatic carbocycles. The highest BCUT2D eigenvalue weighted by atomic mass is 32.2. The second-order valence-electron chi connectivity index (χ2n) is 5.98. The van der Waals surface area contributed by atoms with Gasteiger partial charge in [-0.15, -0.1) is 0 Å². The Morgan fingerprint density at radius 3 is 1.60 bits per heavy atom. The molecule has 0 aromatic carbocycles. The van der Waals surface area contributed by atoms with E-state index in [0.29, 0.717) is 10.5 Å². The first-order valence-electron chi connectivity index (χ1n) is 7.82. The van der Waals surface area contributed by atoms with Gasteiger partial charge in [0.2, 0.25) is 0 Å². The maximum atomic E-state index is 12.6. The van der Waals surface area contributed by atoms with Crippen molar-refractivity contribution in [2.24, 2.45) is 0 Å². The van der Waals surface area contributed by atoms with E-state index in [4.69, 9.17) is 9.47 Å². The van der Waals surface area contributed by atoms with Gasteiger partial charge in [-0.1, -0.05) is 0 Å². The largest absolute Gasteiger partial charge is 0.379 e. The minimum atomic E-state index is -0.667. The molecule has 3 rings (SSSR count). The molecule has 3 saturated heterocycles. The van der Waals surface area contributed by atoms with E-state index in [-0.39, 0.29) is 0 Å². The zero-order chi connectivity index (χ0) is 13.8. The fourth-order valence-corrected chi connectivity index (χ4v) is 5.35. The standard InChI is InChI=1S/C14H26N2O3S/c17-20-13(11-15-3-7-18-8-4-15)1-2-14(20)12-16-5-9-19-10-6-16/h13-14H,1-12H2. The van der Waals surface area contributed by atoms with E-state index in [1.54, 1.807) is 0 Å². The topological polar surface area (TPSA) is 42.0 Å². The molecule has 20 heavy (non-hydrogen) atoms. The fourth-order valence-electron chi connectivity index (χ4n) is 3.35. The third kappa shape index (κ3) is 3.80. The number of morpholine rings is 2. The molecule has 116 valence electrons. The van der Waals surface area contributed by atoms with Crippen LogP contribution < -0.4 is 0 Å². The Bertz CT molecular complexity index is 300. The Hall–Kier alpha value is -0.0100. The van der Waals surface area contributed by atoms with E-state index in [9.17, 15) is 4.21 Å². The molecule has 0 N–H and O–H groups in total. The van der Waals surface area contributed by atoms with Crippen molar-refractivity contribution in [3.05, 3.63) is 0 Å². The van der Waals surface area contributed by atoms with Crippen molar-refractivity contribution >= 4 is 10.8 Å². The Morgan fingerprint density at radius 1 is 0.800 bits per heavy atom. The number of hydrogen-bond acceptors (Lipinski definition) is 5. The van der Waals surface area contributed by atoms with Crippen LogP contribution in [0.5, 0.6) is 0 Å². The van der Waals surface area contributed by atoms with Crippen LogP contribution in [0.15, 0.2) is 0 Å². The van der Waals surface area contributed by atoms with Gasteiger partial charge in [-0.2, -0.15) is 0 Å². The first kappa shape index (κ1) is 14.9. The Morgan fingerprint density at radius 2 is 1.20 bits per heavy atom. The molecule has 0 aromatic heterocycles. The normalized spacial score (nSPS) is 37.3. The lowest BCUT2D eigenvalue weighted by atomic mass is 10.1. The van der Waals surface area contributed by atoms with Gasteiger partial charge >= 0.3 is 0 Å². The Labute approximate surface area is 124 Å². The van der Waals surface area contributed by atoms with Crippen LogP contribution in [0.1, 0.15) is 12.8 Å². The smallest absolute Gasteiger partial charge is 0.0594 e. The number of nitrogens with zero attached hydrogens (tertiary/aromatic N) is 2. The first-order chi connectivity index (χ1) is 9.83. The van der Waals surface area contributed by atoms with Crippen LogP contribution in [-0.4, -0.2) is 90.2 Å². The third-order valence-corrected chi connectivity index (χ3v) is 6.68. The van der Waals surface area contributed by atoms with E-state index in [1.807, 2.05) is 0 Å². The highest BCUT2D eigenvalue weighted by Crippen LogP contribution is 2.25. The molecule has 0 amide bonds. The highest BCUT2D eigenvalue weighted by Gasteiger charge is 2.35. The summed E-state index contributed by atoms with van der Waals surface area (Å²) in [4.78, 5) is 4.84. The summed E-state index contributed by atoms with van der Waals surface area (Å²) in [7, 11) is -0.667. The Kier molecular flexibility index (Phi) is 5.45. The lowest BCUT2D eigenvalue weighted by molar-refractivity contribution is 0.0375. The zero-order valence-electron chi connectivity index (χ0n) is 12.2. The van der Waals surface area contributed by atoms with E-state index in [0.717, 1.165) is 78.5 Å². The molecule has 3 aliphatic rings. The number of rotatable bonds is 4. The molecule has 0 aromatic rings. The van der Waals surface area contributed by atoms with Gasteiger partial charge in [-0.25, -0.2) is 0 Å². The van der Waals surface area contributed by atoms with Crippen molar-refractivity contribution in [1.29, 1.82) is 0 Å². The summed E-state index contributed by atoms with van der Waals surface area (Å²) in [5, 5.41) is 0.748. The molecule has 3 aliphatic heterocycles. The van der Waals surface area contributed by atoms with Crippen LogP contribution in [0, 0.1) is 0 Å². The van der Waals surface area contributed by atoms with Crippen molar-refractivity contribution in [3.8, 4) is 0 Å². The summed E-state index contributed by atoms with van der Waals surface area (Å²) in [5.74, 6) is 0. The second-order valence-corrected chi connectivity index (χ2v) is 7.97. The van der Waals surface area contributed by atoms with Crippen molar-refractivity contribution < 1.29 is 13.7 Å². The average Bonchev–Trinajstić information content (AvgIpc) is 2.83. The molecule has 2 unspecified atom stereocenters. The lowest BCUT2D eigenvalue weighted by Gasteiger charge is -2.30. The summed E-state index contributed by atoms with van der Waals surface area (Å²) < 4.78 is 23.4. The maximum absolute atomic E-state index is 12.6. The van der Waals surface area contributed by atoms with Gasteiger partial charge in [0.25, 0.3) is 0 Å². The van der Waals surface area contributed by atoms with Gasteiger partial charge < -0.3 is 9.47 Å². The third-order valence-electron chi connectivity index (χ3n) is 4.60. The molecule has 3 fully saturated rings. The van der Waals surface area contributed by atoms with Crippen molar-refractivity contribution in [3.63, 3.8) is 0 Å². The van der Waals surface area contributed by atoms with Crippen LogP contribution in [0.3, 0.4) is 0 Å². The lowest BCUT2D eigenvalue weighted by Crippen LogP contribution is -2.43. The first-order valence-corrected chi connectivity index (χ1v) is 9.10. The summed E-state index contributed by atoms with van der Waals surface area (Å²) >= 11 is 0. The van der Waals surface area contributed by atoms with Gasteiger partial charge in [-0.05, 0) is 12.8 Å². The molecule has 0 saturated carbocycles. The minimum Gasteiger partial charge on any atom is -0.379 e. The maximum Gasteiger partial charge on any atom is 0.0594 e. The number of ether oxygens (including phenoxy) is 2. The molecule has 3 heterocycles. The van der Waals surface area contributed by atoms with Gasteiger partial charge in [0.1, 0.15) is 0 Å². The van der Waals surface area contributed by atoms with Crippen molar-refractivity contribution in [1.82, 2.24) is 9.80 Å². The fraction of sp³-hybridized carbons (Fsp3) is 1.00. The van der Waals surface area contributed by atoms with Crippen LogP contribution in [-0.2, 0) is 20.3 Å². The molecule has 0 spiro atoms. The highest BCUT2D eigenvalue weighted by molar-refractivity contribution is 7.86. The van der Waals surface area contributed by atoms with E-state index in [2.05, 4.69) is 9.80 Å². The van der Waals surface area contributed by atoms with Crippen LogP contribution in [0.4, 0.5) is 0 Å². The predicted octanol–water partition coefficient (Wildman–Crippen LogP) is -0.0695. The van der Waals surface area contributed by atoms with E-state index in [1.165, 1.54) is 0 Å². The molecular formula is C14H26N2O3S. The van der Waals surface area contributed by atoms with Crippen LogP contribution in [0.25, 0.3) is 0 Å². The molecule has 0 bridgehead atoms. The number of hydrogen-bond donors (Lipinski definition) is 0. The van der Waals surface area contributed by atoms with Crippen LogP contribution in [0.2, 0.25) is 0 Å². The molecule has 0 radical (unpaired) electrons. The summed E-state index contributed by atoms with van der Waals surface area (Å²) in [5.41, 5.74) is 0. The average molecular weight is 302 g/mol. The van der Waals surface area contributed by atoms with Gasteiger partial charge in [-0.3, -0.25) is 14.0 Å². The van der Waals surface area contributed by atoms with Gasteiger partial charge in [0, 0.05) is 60.6 Å². The molecule has 5 nitrogen and oxygen atoms in total. The van der Waals surface area contributed by atoms with Crippen LogP contribution >= 0.6 is 0 Å². The second kappa shape index (κ2) is 7.31. The van der Waals surface area contributed by atoms with Crippen molar-refractivity contribution in [2.45, 2.75) is 23.3 Å². The monoisotopic (exact) mass is 302 g/mol. The zero-order valence-corrected chi connectivity index (χ0v) is 13.0. The molecular weight excluding hydrogens is 276 g/mol. The van der Waals surface area contributed by atoms with Gasteiger partial charge in [0.15, 0.2) is 0 Å². The van der Waals surface area contributed by atoms with Crippen molar-refractivity contribution in [2.75, 3.05) is 65.7 Å². The molecule has 2 atom stereocenters. The summed E-state index contributed by atoms with van der Waals surface area (Å²) in [6.45, 7) is 9.32. The van der Waals surface area contributed by atoms with E-state index >= 15 is 0 Å². The molecule has 6 heteroatoms.